The third-order valence-corrected chi connectivity index (χ3v) is 4.18. The smallest absolute Gasteiger partial charge is 0.255 e. The molecule has 1 aliphatic heterocycles. The molecule has 0 N–H and O–H groups in total. The normalized spacial score (nSPS) is 24.1. The number of carbonyl (C=O) groups is 1. The predicted octanol–water partition coefficient (Wildman–Crippen LogP) is 3.51. The second-order valence-corrected chi connectivity index (χ2v) is 5.78. The first-order chi connectivity index (χ1) is 8.49. The van der Waals surface area contributed by atoms with E-state index in [0.717, 1.165) is 19.5 Å². The van der Waals surface area contributed by atoms with Crippen molar-refractivity contribution < 1.29 is 4.79 Å². The fourth-order valence-electron chi connectivity index (χ4n) is 2.19. The second-order valence-electron chi connectivity index (χ2n) is 4.98. The van der Waals surface area contributed by atoms with Crippen LogP contribution in [-0.4, -0.2) is 28.9 Å². The van der Waals surface area contributed by atoms with Gasteiger partial charge in [0, 0.05) is 19.3 Å². The molecular formula is C13H16Cl2N2O. The Morgan fingerprint density at radius 2 is 2.11 bits per heavy atom. The molecule has 1 aromatic rings. The molecule has 2 heterocycles. The first kappa shape index (κ1) is 13.6. The SMILES string of the molecule is CC1CCN(C(=O)c2cc(Cl)ncc2Cl)CC1C. The summed E-state index contributed by atoms with van der Waals surface area (Å²) >= 11 is 11.8. The Balaban J connectivity index is 2.19. The average molecular weight is 287 g/mol. The summed E-state index contributed by atoms with van der Waals surface area (Å²) in [4.78, 5) is 18.1. The number of aromatic nitrogens is 1. The van der Waals surface area contributed by atoms with Gasteiger partial charge < -0.3 is 4.90 Å². The van der Waals surface area contributed by atoms with E-state index < -0.39 is 0 Å². The van der Waals surface area contributed by atoms with Crippen LogP contribution in [0.3, 0.4) is 0 Å². The molecule has 1 amide bonds. The van der Waals surface area contributed by atoms with Gasteiger partial charge in [0.2, 0.25) is 0 Å². The van der Waals surface area contributed by atoms with Gasteiger partial charge in [0.15, 0.2) is 0 Å². The maximum absolute atomic E-state index is 12.4. The summed E-state index contributed by atoms with van der Waals surface area (Å²) in [6.07, 6.45) is 2.45. The van der Waals surface area contributed by atoms with E-state index in [0.29, 0.717) is 27.6 Å². The third kappa shape index (κ3) is 2.78. The fraction of sp³-hybridized carbons (Fsp3) is 0.538. The van der Waals surface area contributed by atoms with Crippen molar-refractivity contribution in [1.82, 2.24) is 9.88 Å². The molecule has 0 spiro atoms. The lowest BCUT2D eigenvalue weighted by molar-refractivity contribution is 0.0627. The molecule has 2 unspecified atom stereocenters. The summed E-state index contributed by atoms with van der Waals surface area (Å²) in [7, 11) is 0. The highest BCUT2D eigenvalue weighted by Crippen LogP contribution is 2.26. The summed E-state index contributed by atoms with van der Waals surface area (Å²) in [5, 5.41) is 0.650. The van der Waals surface area contributed by atoms with Gasteiger partial charge in [0.1, 0.15) is 5.15 Å². The average Bonchev–Trinajstić information content (AvgIpc) is 2.35. The van der Waals surface area contributed by atoms with Crippen LogP contribution in [0.15, 0.2) is 12.3 Å². The molecule has 2 rings (SSSR count). The summed E-state index contributed by atoms with van der Waals surface area (Å²) < 4.78 is 0. The Hall–Kier alpha value is -0.800. The summed E-state index contributed by atoms with van der Waals surface area (Å²) in [5.74, 6) is 1.12. The Bertz CT molecular complexity index is 464. The van der Waals surface area contributed by atoms with Gasteiger partial charge in [-0.25, -0.2) is 4.98 Å². The lowest BCUT2D eigenvalue weighted by Crippen LogP contribution is -2.42. The molecule has 0 aliphatic carbocycles. The molecule has 0 saturated carbocycles. The standard InChI is InChI=1S/C13H16Cl2N2O/c1-8-3-4-17(7-9(8)2)13(18)10-5-12(15)16-6-11(10)14/h5-6,8-9H,3-4,7H2,1-2H3. The van der Waals surface area contributed by atoms with Crippen LogP contribution >= 0.6 is 23.2 Å². The number of amides is 1. The quantitative estimate of drug-likeness (QED) is 0.741. The van der Waals surface area contributed by atoms with Crippen molar-refractivity contribution in [3.63, 3.8) is 0 Å². The first-order valence-corrected chi connectivity index (χ1v) is 6.85. The van der Waals surface area contributed by atoms with E-state index in [2.05, 4.69) is 18.8 Å². The maximum atomic E-state index is 12.4. The van der Waals surface area contributed by atoms with Crippen LogP contribution in [0, 0.1) is 11.8 Å². The molecule has 0 aromatic carbocycles. The zero-order valence-electron chi connectivity index (χ0n) is 10.5. The summed E-state index contributed by atoms with van der Waals surface area (Å²) in [5.41, 5.74) is 0.443. The number of pyridine rings is 1. The second kappa shape index (κ2) is 5.45. The number of hydrogen-bond acceptors (Lipinski definition) is 2. The highest BCUT2D eigenvalue weighted by Gasteiger charge is 2.27. The van der Waals surface area contributed by atoms with Gasteiger partial charge in [-0.15, -0.1) is 0 Å². The lowest BCUT2D eigenvalue weighted by Gasteiger charge is -2.35. The summed E-state index contributed by atoms with van der Waals surface area (Å²) in [6, 6.07) is 1.54. The Morgan fingerprint density at radius 3 is 2.78 bits per heavy atom. The van der Waals surface area contributed by atoms with Crippen LogP contribution in [0.4, 0.5) is 0 Å². The monoisotopic (exact) mass is 286 g/mol. The van der Waals surface area contributed by atoms with Crippen LogP contribution < -0.4 is 0 Å². The van der Waals surface area contributed by atoms with Gasteiger partial charge in [0.05, 0.1) is 10.6 Å². The van der Waals surface area contributed by atoms with Crippen LogP contribution in [-0.2, 0) is 0 Å². The van der Waals surface area contributed by atoms with Crippen LogP contribution in [0.25, 0.3) is 0 Å². The number of halogens is 2. The van der Waals surface area contributed by atoms with Gasteiger partial charge in [-0.3, -0.25) is 4.79 Å². The number of carbonyl (C=O) groups excluding carboxylic acids is 1. The summed E-state index contributed by atoms with van der Waals surface area (Å²) in [6.45, 7) is 5.95. The van der Waals surface area contributed by atoms with Gasteiger partial charge in [-0.05, 0) is 24.3 Å². The molecule has 3 nitrogen and oxygen atoms in total. The van der Waals surface area contributed by atoms with Crippen LogP contribution in [0.1, 0.15) is 30.6 Å². The van der Waals surface area contributed by atoms with E-state index in [9.17, 15) is 4.79 Å². The molecule has 1 aromatic heterocycles. The molecule has 1 saturated heterocycles. The van der Waals surface area contributed by atoms with Gasteiger partial charge in [-0.2, -0.15) is 0 Å². The molecule has 0 radical (unpaired) electrons. The molecule has 18 heavy (non-hydrogen) atoms. The molecular weight excluding hydrogens is 271 g/mol. The van der Waals surface area contributed by atoms with Crippen molar-refractivity contribution in [2.24, 2.45) is 11.8 Å². The number of rotatable bonds is 1. The highest BCUT2D eigenvalue weighted by molar-refractivity contribution is 6.35. The van der Waals surface area contributed by atoms with Crippen molar-refractivity contribution in [2.75, 3.05) is 13.1 Å². The number of hydrogen-bond donors (Lipinski definition) is 0. The van der Waals surface area contributed by atoms with Crippen molar-refractivity contribution >= 4 is 29.1 Å². The van der Waals surface area contributed by atoms with Gasteiger partial charge in [0.25, 0.3) is 5.91 Å². The number of nitrogens with zero attached hydrogens (tertiary/aromatic N) is 2. The molecule has 2 atom stereocenters. The van der Waals surface area contributed by atoms with Crippen molar-refractivity contribution in [2.45, 2.75) is 20.3 Å². The van der Waals surface area contributed by atoms with Gasteiger partial charge >= 0.3 is 0 Å². The molecule has 1 fully saturated rings. The third-order valence-electron chi connectivity index (χ3n) is 3.67. The maximum Gasteiger partial charge on any atom is 0.255 e. The van der Waals surface area contributed by atoms with Gasteiger partial charge in [-0.1, -0.05) is 37.0 Å². The van der Waals surface area contributed by atoms with Crippen LogP contribution in [0.5, 0.6) is 0 Å². The molecule has 5 heteroatoms. The van der Waals surface area contributed by atoms with E-state index in [-0.39, 0.29) is 5.91 Å². The Morgan fingerprint density at radius 1 is 1.39 bits per heavy atom. The van der Waals surface area contributed by atoms with E-state index in [1.807, 2.05) is 4.90 Å². The Kier molecular flexibility index (Phi) is 4.13. The van der Waals surface area contributed by atoms with Crippen molar-refractivity contribution in [1.29, 1.82) is 0 Å². The minimum absolute atomic E-state index is 0.0527. The number of likely N-dealkylation sites (tertiary alicyclic amines) is 1. The van der Waals surface area contributed by atoms with Crippen molar-refractivity contribution in [3.05, 3.63) is 28.0 Å². The Labute approximate surface area is 117 Å². The largest absolute Gasteiger partial charge is 0.338 e. The van der Waals surface area contributed by atoms with E-state index in [1.165, 1.54) is 12.3 Å². The minimum Gasteiger partial charge on any atom is -0.338 e. The van der Waals surface area contributed by atoms with Crippen LogP contribution in [0.2, 0.25) is 10.2 Å². The van der Waals surface area contributed by atoms with E-state index >= 15 is 0 Å². The van der Waals surface area contributed by atoms with Crippen molar-refractivity contribution in [3.8, 4) is 0 Å². The molecule has 98 valence electrons. The number of piperidine rings is 1. The van der Waals surface area contributed by atoms with E-state index in [1.54, 1.807) is 0 Å². The zero-order chi connectivity index (χ0) is 13.3. The first-order valence-electron chi connectivity index (χ1n) is 6.09. The lowest BCUT2D eigenvalue weighted by atomic mass is 9.88. The molecule has 1 aliphatic rings. The minimum atomic E-state index is -0.0527. The zero-order valence-corrected chi connectivity index (χ0v) is 12.0. The molecule has 0 bridgehead atoms. The van der Waals surface area contributed by atoms with E-state index in [4.69, 9.17) is 23.2 Å². The fourth-order valence-corrected chi connectivity index (χ4v) is 2.54. The predicted molar refractivity (Wildman–Crippen MR) is 73.1 cm³/mol. The topological polar surface area (TPSA) is 33.2 Å². The highest BCUT2D eigenvalue weighted by atomic mass is 35.5.